The summed E-state index contributed by atoms with van der Waals surface area (Å²) in [4.78, 5) is 11.5. The fourth-order valence-corrected chi connectivity index (χ4v) is 1.82. The van der Waals surface area contributed by atoms with Crippen molar-refractivity contribution in [2.45, 2.75) is 6.61 Å². The highest BCUT2D eigenvalue weighted by atomic mass is 16.5. The Hall–Kier alpha value is -3.26. The zero-order valence-corrected chi connectivity index (χ0v) is 12.4. The molecule has 0 aromatic heterocycles. The summed E-state index contributed by atoms with van der Waals surface area (Å²) in [6, 6.07) is 16.7. The van der Waals surface area contributed by atoms with Gasteiger partial charge >= 0.3 is 6.09 Å². The smallest absolute Gasteiger partial charge is 0.408 e. The maximum absolute atomic E-state index is 11.5. The molecule has 0 atom stereocenters. The number of hydrogen-bond donors (Lipinski definition) is 2. The number of carbonyl (C=O) groups excluding carboxylic acids is 1. The minimum atomic E-state index is -0.520. The van der Waals surface area contributed by atoms with Crippen LogP contribution in [0.25, 0.3) is 0 Å². The summed E-state index contributed by atoms with van der Waals surface area (Å²) in [5.74, 6) is 5.73. The molecule has 5 nitrogen and oxygen atoms in total. The Morgan fingerprint density at radius 2 is 1.91 bits per heavy atom. The van der Waals surface area contributed by atoms with Gasteiger partial charge in [-0.15, -0.1) is 0 Å². The average Bonchev–Trinajstić information content (AvgIpc) is 2.59. The predicted octanol–water partition coefficient (Wildman–Crippen LogP) is 2.77. The van der Waals surface area contributed by atoms with E-state index < -0.39 is 6.09 Å². The van der Waals surface area contributed by atoms with Crippen LogP contribution in [-0.2, 0) is 11.3 Å². The fraction of sp³-hybridized carbons (Fsp3) is 0.111. The highest BCUT2D eigenvalue weighted by Crippen LogP contribution is 2.04. The molecule has 0 saturated carbocycles. The molecule has 5 heteroatoms. The summed E-state index contributed by atoms with van der Waals surface area (Å²) < 4.78 is 5.07. The highest BCUT2D eigenvalue weighted by Gasteiger charge is 2.00. The molecule has 0 unspecified atom stereocenters. The van der Waals surface area contributed by atoms with Crippen LogP contribution in [0.1, 0.15) is 16.7 Å². The van der Waals surface area contributed by atoms with Crippen LogP contribution in [0.4, 0.5) is 4.79 Å². The molecule has 2 aromatic carbocycles. The average molecular weight is 308 g/mol. The second-order valence-electron chi connectivity index (χ2n) is 4.55. The normalized spacial score (nSPS) is 9.91. The molecular formula is C18H16N2O3. The zero-order valence-electron chi connectivity index (χ0n) is 12.4. The Morgan fingerprint density at radius 3 is 2.70 bits per heavy atom. The molecular weight excluding hydrogens is 292 g/mol. The van der Waals surface area contributed by atoms with E-state index in [1.807, 2.05) is 42.5 Å². The van der Waals surface area contributed by atoms with Gasteiger partial charge in [-0.1, -0.05) is 65.5 Å². The van der Waals surface area contributed by atoms with Gasteiger partial charge in [-0.3, -0.25) is 0 Å². The third kappa shape index (κ3) is 5.56. The van der Waals surface area contributed by atoms with Crippen molar-refractivity contribution in [3.05, 3.63) is 71.3 Å². The van der Waals surface area contributed by atoms with Gasteiger partial charge in [-0.05, 0) is 11.6 Å². The van der Waals surface area contributed by atoms with Crippen LogP contribution in [0.15, 0.2) is 59.8 Å². The highest BCUT2D eigenvalue weighted by molar-refractivity contribution is 5.83. The van der Waals surface area contributed by atoms with E-state index in [4.69, 9.17) is 9.94 Å². The number of carbonyl (C=O) groups is 1. The molecule has 116 valence electrons. The van der Waals surface area contributed by atoms with Crippen molar-refractivity contribution in [3.8, 4) is 11.8 Å². The molecule has 0 saturated heterocycles. The Bertz CT molecular complexity index is 731. The Balaban J connectivity index is 1.80. The molecule has 2 aromatic rings. The zero-order chi connectivity index (χ0) is 16.3. The van der Waals surface area contributed by atoms with E-state index in [0.29, 0.717) is 11.1 Å². The molecule has 0 aliphatic heterocycles. The number of rotatable bonds is 4. The lowest BCUT2D eigenvalue weighted by Crippen LogP contribution is -2.24. The fourth-order valence-electron chi connectivity index (χ4n) is 1.82. The van der Waals surface area contributed by atoms with E-state index in [9.17, 15) is 4.79 Å². The monoisotopic (exact) mass is 308 g/mol. The SMILES string of the molecule is O=C(NCC#Cc1ccccc1C=NO)OCc1ccccc1. The lowest BCUT2D eigenvalue weighted by Gasteiger charge is -2.04. The van der Waals surface area contributed by atoms with Gasteiger partial charge in [0.15, 0.2) is 0 Å². The van der Waals surface area contributed by atoms with E-state index in [-0.39, 0.29) is 13.2 Å². The molecule has 0 bridgehead atoms. The lowest BCUT2D eigenvalue weighted by molar-refractivity contribution is 0.141. The van der Waals surface area contributed by atoms with Gasteiger partial charge in [0.25, 0.3) is 0 Å². The standard InChI is InChI=1S/C18H16N2O3/c21-18(23-14-15-7-2-1-3-8-15)19-12-6-11-16-9-4-5-10-17(16)13-20-22/h1-5,7-10,13,22H,12,14H2,(H,19,21). The first-order valence-electron chi connectivity index (χ1n) is 6.99. The number of nitrogens with one attached hydrogen (secondary N) is 1. The van der Waals surface area contributed by atoms with Crippen LogP contribution in [0.3, 0.4) is 0 Å². The van der Waals surface area contributed by atoms with Crippen molar-refractivity contribution in [1.29, 1.82) is 0 Å². The van der Waals surface area contributed by atoms with Crippen molar-refractivity contribution < 1.29 is 14.7 Å². The first-order valence-corrected chi connectivity index (χ1v) is 6.99. The molecule has 0 aliphatic carbocycles. The minimum Gasteiger partial charge on any atom is -0.445 e. The van der Waals surface area contributed by atoms with E-state index in [0.717, 1.165) is 5.56 Å². The minimum absolute atomic E-state index is 0.165. The molecule has 23 heavy (non-hydrogen) atoms. The van der Waals surface area contributed by atoms with Crippen molar-refractivity contribution in [2.75, 3.05) is 6.54 Å². The Morgan fingerprint density at radius 1 is 1.17 bits per heavy atom. The van der Waals surface area contributed by atoms with Crippen LogP contribution < -0.4 is 5.32 Å². The van der Waals surface area contributed by atoms with Crippen LogP contribution in [0.2, 0.25) is 0 Å². The van der Waals surface area contributed by atoms with E-state index in [2.05, 4.69) is 22.3 Å². The van der Waals surface area contributed by atoms with Crippen molar-refractivity contribution >= 4 is 12.3 Å². The maximum Gasteiger partial charge on any atom is 0.408 e. The number of alkyl carbamates (subject to hydrolysis) is 1. The summed E-state index contributed by atoms with van der Waals surface area (Å²) in [6.07, 6.45) is 0.791. The summed E-state index contributed by atoms with van der Waals surface area (Å²) in [7, 11) is 0. The number of nitrogens with zero attached hydrogens (tertiary/aromatic N) is 1. The topological polar surface area (TPSA) is 70.9 Å². The number of amides is 1. The van der Waals surface area contributed by atoms with E-state index in [1.54, 1.807) is 12.1 Å². The Labute approximate surface area is 134 Å². The van der Waals surface area contributed by atoms with Crippen LogP contribution in [0, 0.1) is 11.8 Å². The summed E-state index contributed by atoms with van der Waals surface area (Å²) in [5, 5.41) is 14.1. The second kappa shape index (κ2) is 8.90. The first-order chi connectivity index (χ1) is 11.3. The van der Waals surface area contributed by atoms with Gasteiger partial charge in [0.05, 0.1) is 12.8 Å². The van der Waals surface area contributed by atoms with Gasteiger partial charge in [-0.25, -0.2) is 4.79 Å². The molecule has 0 heterocycles. The third-order valence-electron chi connectivity index (χ3n) is 2.91. The molecule has 0 fully saturated rings. The number of oxime groups is 1. The number of benzene rings is 2. The van der Waals surface area contributed by atoms with E-state index >= 15 is 0 Å². The van der Waals surface area contributed by atoms with Crippen molar-refractivity contribution in [2.24, 2.45) is 5.16 Å². The largest absolute Gasteiger partial charge is 0.445 e. The molecule has 2 rings (SSSR count). The molecule has 2 N–H and O–H groups in total. The Kier molecular flexibility index (Phi) is 6.24. The first kappa shape index (κ1) is 16.1. The van der Waals surface area contributed by atoms with Crippen molar-refractivity contribution in [3.63, 3.8) is 0 Å². The molecule has 0 aliphatic rings. The molecule has 1 amide bonds. The molecule has 0 spiro atoms. The van der Waals surface area contributed by atoms with Gasteiger partial charge in [0, 0.05) is 11.1 Å². The van der Waals surface area contributed by atoms with Gasteiger partial charge < -0.3 is 15.3 Å². The summed E-state index contributed by atoms with van der Waals surface area (Å²) in [5.41, 5.74) is 2.34. The van der Waals surface area contributed by atoms with Gasteiger partial charge in [0.2, 0.25) is 0 Å². The summed E-state index contributed by atoms with van der Waals surface area (Å²) >= 11 is 0. The lowest BCUT2D eigenvalue weighted by atomic mass is 10.1. The van der Waals surface area contributed by atoms with Gasteiger partial charge in [0.1, 0.15) is 6.61 Å². The number of hydrogen-bond acceptors (Lipinski definition) is 4. The predicted molar refractivity (Wildman–Crippen MR) is 87.3 cm³/mol. The maximum atomic E-state index is 11.5. The summed E-state index contributed by atoms with van der Waals surface area (Å²) in [6.45, 7) is 0.383. The molecule has 0 radical (unpaired) electrons. The van der Waals surface area contributed by atoms with Crippen LogP contribution >= 0.6 is 0 Å². The van der Waals surface area contributed by atoms with Gasteiger partial charge in [-0.2, -0.15) is 0 Å². The van der Waals surface area contributed by atoms with Crippen LogP contribution in [-0.4, -0.2) is 24.1 Å². The third-order valence-corrected chi connectivity index (χ3v) is 2.91. The second-order valence-corrected chi connectivity index (χ2v) is 4.55. The number of ether oxygens (including phenoxy) is 1. The van der Waals surface area contributed by atoms with E-state index in [1.165, 1.54) is 6.21 Å². The quantitative estimate of drug-likeness (QED) is 0.395. The van der Waals surface area contributed by atoms with Crippen LogP contribution in [0.5, 0.6) is 0 Å². The van der Waals surface area contributed by atoms with Crippen molar-refractivity contribution in [1.82, 2.24) is 5.32 Å².